The first-order valence-corrected chi connectivity index (χ1v) is 7.52. The summed E-state index contributed by atoms with van der Waals surface area (Å²) in [4.78, 5) is 7.45. The second-order valence-corrected chi connectivity index (χ2v) is 5.57. The van der Waals surface area contributed by atoms with Crippen molar-refractivity contribution in [2.75, 3.05) is 13.2 Å². The number of aliphatic hydroxyl groups is 1. The highest BCUT2D eigenvalue weighted by Crippen LogP contribution is 2.28. The van der Waals surface area contributed by atoms with E-state index in [-0.39, 0.29) is 18.3 Å². The standard InChI is InChI=1S/C15H22N2O4/c1-3-4-5-6-10-9(2)16-15(17-10)21-12-8-20-13-11(18)7-19-14(12)13/h6,11-14,18H,2-5,7-8H2,1H3,(H,16,17)/b10-6+/t11-,12-,13-,14-/m1/s1. The third-order valence-electron chi connectivity index (χ3n) is 3.93. The molecule has 116 valence electrons. The van der Waals surface area contributed by atoms with Crippen molar-refractivity contribution in [2.45, 2.75) is 50.6 Å². The van der Waals surface area contributed by atoms with Crippen LogP contribution in [0.4, 0.5) is 0 Å². The van der Waals surface area contributed by atoms with Gasteiger partial charge in [-0.1, -0.05) is 26.0 Å². The zero-order valence-corrected chi connectivity index (χ0v) is 12.2. The molecule has 0 unspecified atom stereocenters. The number of aromatic nitrogens is 2. The summed E-state index contributed by atoms with van der Waals surface area (Å²) >= 11 is 0. The number of imidazole rings is 1. The Morgan fingerprint density at radius 2 is 2.24 bits per heavy atom. The minimum Gasteiger partial charge on any atom is -0.456 e. The minimum atomic E-state index is -0.568. The molecule has 1 aromatic rings. The normalized spacial score (nSPS) is 32.6. The zero-order chi connectivity index (χ0) is 14.8. The number of unbranched alkanes of at least 4 members (excludes halogenated alkanes) is 2. The molecule has 0 radical (unpaired) electrons. The lowest BCUT2D eigenvalue weighted by Gasteiger charge is -2.15. The Morgan fingerprint density at radius 3 is 3.05 bits per heavy atom. The van der Waals surface area contributed by atoms with Crippen molar-refractivity contribution in [1.29, 1.82) is 0 Å². The summed E-state index contributed by atoms with van der Waals surface area (Å²) < 4.78 is 16.9. The van der Waals surface area contributed by atoms with Crippen LogP contribution in [0.5, 0.6) is 6.01 Å². The number of nitrogens with zero attached hydrogens (tertiary/aromatic N) is 1. The highest BCUT2D eigenvalue weighted by molar-refractivity contribution is 5.21. The summed E-state index contributed by atoms with van der Waals surface area (Å²) in [5.41, 5.74) is 0. The molecule has 3 heterocycles. The Balaban J connectivity index is 1.67. The molecule has 1 aromatic heterocycles. The quantitative estimate of drug-likeness (QED) is 0.729. The summed E-state index contributed by atoms with van der Waals surface area (Å²) in [6, 6.07) is 0.432. The first-order chi connectivity index (χ1) is 10.2. The van der Waals surface area contributed by atoms with E-state index in [4.69, 9.17) is 14.2 Å². The molecule has 0 saturated carbocycles. The van der Waals surface area contributed by atoms with Gasteiger partial charge in [0.2, 0.25) is 0 Å². The van der Waals surface area contributed by atoms with E-state index in [0.29, 0.717) is 19.2 Å². The van der Waals surface area contributed by atoms with Crippen LogP contribution in [-0.4, -0.2) is 52.7 Å². The highest BCUT2D eigenvalue weighted by atomic mass is 16.6. The van der Waals surface area contributed by atoms with Gasteiger partial charge in [-0.2, -0.15) is 4.98 Å². The van der Waals surface area contributed by atoms with Crippen LogP contribution < -0.4 is 15.4 Å². The fourth-order valence-corrected chi connectivity index (χ4v) is 2.75. The Kier molecular flexibility index (Phi) is 4.28. The number of ether oxygens (including phenoxy) is 3. The molecule has 0 bridgehead atoms. The maximum atomic E-state index is 9.71. The largest absolute Gasteiger partial charge is 0.456 e. The van der Waals surface area contributed by atoms with Crippen LogP contribution >= 0.6 is 0 Å². The third-order valence-corrected chi connectivity index (χ3v) is 3.93. The molecule has 4 atom stereocenters. The van der Waals surface area contributed by atoms with Crippen molar-refractivity contribution in [3.8, 4) is 6.01 Å². The van der Waals surface area contributed by atoms with E-state index in [2.05, 4.69) is 29.5 Å². The van der Waals surface area contributed by atoms with Crippen molar-refractivity contribution in [3.05, 3.63) is 10.7 Å². The van der Waals surface area contributed by atoms with Crippen LogP contribution in [0.15, 0.2) is 0 Å². The lowest BCUT2D eigenvalue weighted by molar-refractivity contribution is 0.00695. The van der Waals surface area contributed by atoms with Gasteiger partial charge >= 0.3 is 0 Å². The molecule has 6 heteroatoms. The Hall–Kier alpha value is -1.37. The number of aliphatic hydroxyl groups excluding tert-OH is 1. The van der Waals surface area contributed by atoms with Crippen LogP contribution in [0.2, 0.25) is 0 Å². The fraction of sp³-hybridized carbons (Fsp3) is 0.667. The SMILES string of the molecule is C=c1[nH]c(O[C@@H]2CO[C@H]3[C@@H]2OC[C@H]3O)n/c1=C/CCCC. The Bertz CT molecular complexity index is 585. The first-order valence-electron chi connectivity index (χ1n) is 7.52. The Morgan fingerprint density at radius 1 is 1.43 bits per heavy atom. The molecule has 2 fully saturated rings. The van der Waals surface area contributed by atoms with Gasteiger partial charge in [-0.15, -0.1) is 0 Å². The molecular weight excluding hydrogens is 272 g/mol. The summed E-state index contributed by atoms with van der Waals surface area (Å²) in [6.45, 7) is 6.79. The maximum absolute atomic E-state index is 9.71. The van der Waals surface area contributed by atoms with E-state index in [0.717, 1.165) is 30.0 Å². The molecule has 2 N–H and O–H groups in total. The summed E-state index contributed by atoms with van der Waals surface area (Å²) in [5.74, 6) is 0. The molecule has 2 aliphatic heterocycles. The van der Waals surface area contributed by atoms with Crippen LogP contribution in [0.3, 0.4) is 0 Å². The monoisotopic (exact) mass is 294 g/mol. The van der Waals surface area contributed by atoms with Gasteiger partial charge in [-0.3, -0.25) is 0 Å². The van der Waals surface area contributed by atoms with Gasteiger partial charge in [0.05, 0.1) is 23.9 Å². The molecule has 0 amide bonds. The highest BCUT2D eigenvalue weighted by Gasteiger charge is 2.48. The summed E-state index contributed by atoms with van der Waals surface area (Å²) in [7, 11) is 0. The predicted molar refractivity (Wildman–Crippen MR) is 77.3 cm³/mol. The van der Waals surface area contributed by atoms with Gasteiger partial charge in [-0.25, -0.2) is 0 Å². The lowest BCUT2D eigenvalue weighted by atomic mass is 10.1. The fourth-order valence-electron chi connectivity index (χ4n) is 2.75. The molecule has 21 heavy (non-hydrogen) atoms. The molecule has 6 nitrogen and oxygen atoms in total. The molecule has 0 aromatic carbocycles. The topological polar surface area (TPSA) is 76.6 Å². The van der Waals surface area contributed by atoms with Crippen molar-refractivity contribution < 1.29 is 19.3 Å². The summed E-state index contributed by atoms with van der Waals surface area (Å²) in [5, 5.41) is 11.3. The van der Waals surface area contributed by atoms with Gasteiger partial charge in [0.1, 0.15) is 18.3 Å². The second kappa shape index (κ2) is 6.17. The van der Waals surface area contributed by atoms with Crippen molar-refractivity contribution >= 4 is 12.7 Å². The van der Waals surface area contributed by atoms with E-state index < -0.39 is 6.10 Å². The van der Waals surface area contributed by atoms with Gasteiger partial charge in [0, 0.05) is 0 Å². The van der Waals surface area contributed by atoms with E-state index in [1.807, 2.05) is 0 Å². The number of nitrogens with one attached hydrogen (secondary N) is 1. The number of fused-ring (bicyclic) bond motifs is 1. The number of rotatable bonds is 5. The lowest BCUT2D eigenvalue weighted by Crippen LogP contribution is -2.34. The van der Waals surface area contributed by atoms with E-state index in [1.54, 1.807) is 0 Å². The molecular formula is C15H22N2O4. The van der Waals surface area contributed by atoms with E-state index in [1.165, 1.54) is 0 Å². The third kappa shape index (κ3) is 2.97. The average Bonchev–Trinajstić information content (AvgIpc) is 3.11. The number of H-pyrrole nitrogens is 1. The zero-order valence-electron chi connectivity index (χ0n) is 12.2. The molecule has 3 rings (SSSR count). The molecule has 0 aliphatic carbocycles. The van der Waals surface area contributed by atoms with Gasteiger partial charge in [-0.05, 0) is 12.8 Å². The second-order valence-electron chi connectivity index (χ2n) is 5.57. The van der Waals surface area contributed by atoms with Gasteiger partial charge in [0.15, 0.2) is 6.10 Å². The van der Waals surface area contributed by atoms with Crippen molar-refractivity contribution in [1.82, 2.24) is 9.97 Å². The number of hydrogen-bond acceptors (Lipinski definition) is 5. The van der Waals surface area contributed by atoms with Crippen LogP contribution in [-0.2, 0) is 9.47 Å². The molecule has 2 saturated heterocycles. The summed E-state index contributed by atoms with van der Waals surface area (Å²) in [6.07, 6.45) is 4.00. The van der Waals surface area contributed by atoms with Crippen LogP contribution in [0.1, 0.15) is 26.2 Å². The molecule has 2 aliphatic rings. The van der Waals surface area contributed by atoms with Crippen molar-refractivity contribution in [2.24, 2.45) is 0 Å². The van der Waals surface area contributed by atoms with Gasteiger partial charge < -0.3 is 24.3 Å². The number of hydrogen-bond donors (Lipinski definition) is 2. The smallest absolute Gasteiger partial charge is 0.295 e. The average molecular weight is 294 g/mol. The van der Waals surface area contributed by atoms with Crippen LogP contribution in [0.25, 0.3) is 12.7 Å². The first kappa shape index (κ1) is 14.6. The predicted octanol–water partition coefficient (Wildman–Crippen LogP) is -0.303. The van der Waals surface area contributed by atoms with Crippen molar-refractivity contribution in [3.63, 3.8) is 0 Å². The van der Waals surface area contributed by atoms with Crippen LogP contribution in [0, 0.1) is 0 Å². The number of aromatic amines is 1. The van der Waals surface area contributed by atoms with E-state index >= 15 is 0 Å². The Labute approximate surface area is 123 Å². The minimum absolute atomic E-state index is 0.231. The molecule has 0 spiro atoms. The van der Waals surface area contributed by atoms with Gasteiger partial charge in [0.25, 0.3) is 6.01 Å². The van der Waals surface area contributed by atoms with E-state index in [9.17, 15) is 5.11 Å². The maximum Gasteiger partial charge on any atom is 0.295 e.